The fourth-order valence-electron chi connectivity index (χ4n) is 1.64. The number of carbonyl (C=O) groups excluding carboxylic acids is 1. The Bertz CT molecular complexity index is 158. The van der Waals surface area contributed by atoms with E-state index in [0.29, 0.717) is 11.7 Å². The van der Waals surface area contributed by atoms with Gasteiger partial charge in [-0.05, 0) is 32.1 Å². The van der Waals surface area contributed by atoms with Crippen molar-refractivity contribution in [2.75, 3.05) is 0 Å². The van der Waals surface area contributed by atoms with E-state index in [4.69, 9.17) is 0 Å². The Morgan fingerprint density at radius 2 is 2.45 bits per heavy atom. The normalized spacial score (nSPS) is 26.3. The standard InChI is InChI=1S/C10H16O/c1-2-3-5-9-6-4-7-10(11)8-9/h2-3,9H,4-8H2,1H3/b3-2+. The third kappa shape index (κ3) is 2.87. The number of rotatable bonds is 2. The number of allylic oxidation sites excluding steroid dienone is 2. The maximum atomic E-state index is 11.0. The van der Waals surface area contributed by atoms with Crippen LogP contribution in [0.2, 0.25) is 0 Å². The average molecular weight is 152 g/mol. The molecule has 0 N–H and O–H groups in total. The number of hydrogen-bond donors (Lipinski definition) is 0. The van der Waals surface area contributed by atoms with Gasteiger partial charge in [-0.25, -0.2) is 0 Å². The summed E-state index contributed by atoms with van der Waals surface area (Å²) in [7, 11) is 0. The van der Waals surface area contributed by atoms with E-state index in [1.807, 2.05) is 6.92 Å². The Hall–Kier alpha value is -0.590. The van der Waals surface area contributed by atoms with Crippen LogP contribution in [0.15, 0.2) is 12.2 Å². The lowest BCUT2D eigenvalue weighted by atomic mass is 9.86. The van der Waals surface area contributed by atoms with Crippen LogP contribution in [0.25, 0.3) is 0 Å². The molecule has 0 amide bonds. The summed E-state index contributed by atoms with van der Waals surface area (Å²) in [5.41, 5.74) is 0. The van der Waals surface area contributed by atoms with E-state index in [1.54, 1.807) is 0 Å². The van der Waals surface area contributed by atoms with E-state index < -0.39 is 0 Å². The summed E-state index contributed by atoms with van der Waals surface area (Å²) >= 11 is 0. The van der Waals surface area contributed by atoms with Gasteiger partial charge in [-0.15, -0.1) is 0 Å². The van der Waals surface area contributed by atoms with E-state index in [9.17, 15) is 4.79 Å². The molecular weight excluding hydrogens is 136 g/mol. The first kappa shape index (κ1) is 8.51. The largest absolute Gasteiger partial charge is 0.300 e. The van der Waals surface area contributed by atoms with Crippen LogP contribution in [-0.4, -0.2) is 5.78 Å². The number of hydrogen-bond acceptors (Lipinski definition) is 1. The monoisotopic (exact) mass is 152 g/mol. The van der Waals surface area contributed by atoms with Gasteiger partial charge in [0.1, 0.15) is 5.78 Å². The molecule has 0 aromatic rings. The summed E-state index contributed by atoms with van der Waals surface area (Å²) < 4.78 is 0. The molecule has 1 saturated carbocycles. The second-order valence-corrected chi connectivity index (χ2v) is 3.31. The van der Waals surface area contributed by atoms with Gasteiger partial charge >= 0.3 is 0 Å². The summed E-state index contributed by atoms with van der Waals surface area (Å²) in [6, 6.07) is 0. The first-order valence-electron chi connectivity index (χ1n) is 4.45. The van der Waals surface area contributed by atoms with Crippen LogP contribution >= 0.6 is 0 Å². The number of carbonyl (C=O) groups is 1. The number of ketones is 1. The highest BCUT2D eigenvalue weighted by Gasteiger charge is 2.17. The van der Waals surface area contributed by atoms with E-state index in [2.05, 4.69) is 12.2 Å². The van der Waals surface area contributed by atoms with Gasteiger partial charge in [-0.2, -0.15) is 0 Å². The van der Waals surface area contributed by atoms with Crippen molar-refractivity contribution in [2.45, 2.75) is 39.0 Å². The second kappa shape index (κ2) is 4.32. The summed E-state index contributed by atoms with van der Waals surface area (Å²) in [6.45, 7) is 2.03. The topological polar surface area (TPSA) is 17.1 Å². The molecule has 1 fully saturated rings. The highest BCUT2D eigenvalue weighted by molar-refractivity contribution is 5.79. The number of Topliss-reactive ketones (excluding diaryl/α,β-unsaturated/α-hetero) is 1. The Morgan fingerprint density at radius 1 is 1.64 bits per heavy atom. The maximum absolute atomic E-state index is 11.0. The van der Waals surface area contributed by atoms with Crippen molar-refractivity contribution in [2.24, 2.45) is 5.92 Å². The van der Waals surface area contributed by atoms with Crippen LogP contribution in [0.4, 0.5) is 0 Å². The van der Waals surface area contributed by atoms with Crippen LogP contribution in [0, 0.1) is 5.92 Å². The molecule has 1 aliphatic carbocycles. The van der Waals surface area contributed by atoms with Gasteiger partial charge in [0.05, 0.1) is 0 Å². The minimum absolute atomic E-state index is 0.464. The summed E-state index contributed by atoms with van der Waals surface area (Å²) in [4.78, 5) is 11.0. The van der Waals surface area contributed by atoms with Crippen molar-refractivity contribution < 1.29 is 4.79 Å². The average Bonchev–Trinajstić information content (AvgIpc) is 2.01. The molecule has 0 aliphatic heterocycles. The van der Waals surface area contributed by atoms with E-state index >= 15 is 0 Å². The van der Waals surface area contributed by atoms with Crippen LogP contribution in [-0.2, 0) is 4.79 Å². The molecule has 1 heteroatoms. The van der Waals surface area contributed by atoms with E-state index in [1.165, 1.54) is 6.42 Å². The summed E-state index contributed by atoms with van der Waals surface area (Å²) in [6.07, 6.45) is 9.35. The molecule has 1 atom stereocenters. The van der Waals surface area contributed by atoms with Crippen molar-refractivity contribution in [3.8, 4) is 0 Å². The zero-order valence-electron chi connectivity index (χ0n) is 7.18. The molecule has 0 bridgehead atoms. The van der Waals surface area contributed by atoms with Crippen molar-refractivity contribution in [1.82, 2.24) is 0 Å². The predicted molar refractivity (Wildman–Crippen MR) is 46.4 cm³/mol. The Kier molecular flexibility index (Phi) is 3.34. The molecule has 0 aromatic heterocycles. The highest BCUT2D eigenvalue weighted by Crippen LogP contribution is 2.24. The smallest absolute Gasteiger partial charge is 0.133 e. The summed E-state index contributed by atoms with van der Waals surface area (Å²) in [5.74, 6) is 1.11. The van der Waals surface area contributed by atoms with Crippen LogP contribution in [0.5, 0.6) is 0 Å². The molecule has 0 saturated heterocycles. The third-order valence-electron chi connectivity index (χ3n) is 2.29. The van der Waals surface area contributed by atoms with Gasteiger partial charge in [-0.1, -0.05) is 12.2 Å². The van der Waals surface area contributed by atoms with Crippen molar-refractivity contribution >= 4 is 5.78 Å². The lowest BCUT2D eigenvalue weighted by molar-refractivity contribution is -0.121. The van der Waals surface area contributed by atoms with Crippen molar-refractivity contribution in [1.29, 1.82) is 0 Å². The van der Waals surface area contributed by atoms with Crippen molar-refractivity contribution in [3.05, 3.63) is 12.2 Å². The summed E-state index contributed by atoms with van der Waals surface area (Å²) in [5, 5.41) is 0. The van der Waals surface area contributed by atoms with E-state index in [-0.39, 0.29) is 0 Å². The first-order chi connectivity index (χ1) is 5.33. The van der Waals surface area contributed by atoms with Gasteiger partial charge in [0.15, 0.2) is 0 Å². The third-order valence-corrected chi connectivity index (χ3v) is 2.29. The van der Waals surface area contributed by atoms with Gasteiger partial charge in [-0.3, -0.25) is 4.79 Å². The first-order valence-corrected chi connectivity index (χ1v) is 4.45. The van der Waals surface area contributed by atoms with Crippen LogP contribution < -0.4 is 0 Å². The molecule has 1 aliphatic rings. The molecular formula is C10H16O. The molecule has 11 heavy (non-hydrogen) atoms. The molecule has 1 nitrogen and oxygen atoms in total. The lowest BCUT2D eigenvalue weighted by Crippen LogP contribution is -2.13. The van der Waals surface area contributed by atoms with E-state index in [0.717, 1.165) is 25.7 Å². The minimum Gasteiger partial charge on any atom is -0.300 e. The SMILES string of the molecule is C/C=C/CC1CCCC(=O)C1. The van der Waals surface area contributed by atoms with Gasteiger partial charge in [0.25, 0.3) is 0 Å². The molecule has 0 heterocycles. The molecule has 1 unspecified atom stereocenters. The Morgan fingerprint density at radius 3 is 3.09 bits per heavy atom. The molecule has 1 rings (SSSR count). The van der Waals surface area contributed by atoms with Crippen molar-refractivity contribution in [3.63, 3.8) is 0 Å². The highest BCUT2D eigenvalue weighted by atomic mass is 16.1. The van der Waals surface area contributed by atoms with Gasteiger partial charge in [0.2, 0.25) is 0 Å². The van der Waals surface area contributed by atoms with Gasteiger partial charge in [0, 0.05) is 12.8 Å². The Balaban J connectivity index is 2.28. The van der Waals surface area contributed by atoms with Gasteiger partial charge < -0.3 is 0 Å². The zero-order chi connectivity index (χ0) is 8.10. The Labute approximate surface area is 68.5 Å². The zero-order valence-corrected chi connectivity index (χ0v) is 7.18. The minimum atomic E-state index is 0.464. The fourth-order valence-corrected chi connectivity index (χ4v) is 1.64. The quantitative estimate of drug-likeness (QED) is 0.556. The fraction of sp³-hybridized carbons (Fsp3) is 0.700. The second-order valence-electron chi connectivity index (χ2n) is 3.31. The predicted octanol–water partition coefficient (Wildman–Crippen LogP) is 2.71. The molecule has 62 valence electrons. The lowest BCUT2D eigenvalue weighted by Gasteiger charge is -2.18. The molecule has 0 aromatic carbocycles. The molecule has 0 radical (unpaired) electrons. The van der Waals surface area contributed by atoms with Crippen LogP contribution in [0.1, 0.15) is 39.0 Å². The molecule has 0 spiro atoms. The van der Waals surface area contributed by atoms with Crippen LogP contribution in [0.3, 0.4) is 0 Å². The maximum Gasteiger partial charge on any atom is 0.133 e.